The Kier molecular flexibility index (Phi) is 2.71. The van der Waals surface area contributed by atoms with Crippen molar-refractivity contribution in [2.24, 2.45) is 0 Å². The minimum Gasteiger partial charge on any atom is -0.447 e. The van der Waals surface area contributed by atoms with Gasteiger partial charge >= 0.3 is 5.97 Å². The van der Waals surface area contributed by atoms with E-state index in [1.807, 2.05) is 0 Å². The lowest BCUT2D eigenvalue weighted by Crippen LogP contribution is -2.38. The number of carbonyl (C=O) groups is 2. The summed E-state index contributed by atoms with van der Waals surface area (Å²) in [6, 6.07) is 0. The van der Waals surface area contributed by atoms with Gasteiger partial charge in [0.2, 0.25) is 5.78 Å². The molecule has 0 saturated heterocycles. The topological polar surface area (TPSA) is 43.4 Å². The molecule has 1 aliphatic rings. The van der Waals surface area contributed by atoms with E-state index in [0.717, 1.165) is 4.48 Å². The van der Waals surface area contributed by atoms with Crippen molar-refractivity contribution >= 4 is 27.7 Å². The average molecular weight is 245 g/mol. The maximum Gasteiger partial charge on any atom is 0.303 e. The molecule has 0 aliphatic heterocycles. The van der Waals surface area contributed by atoms with Crippen molar-refractivity contribution in [1.29, 1.82) is 0 Å². The molecule has 0 aromatic rings. The van der Waals surface area contributed by atoms with Gasteiger partial charge in [0.05, 0.1) is 0 Å². The fourth-order valence-electron chi connectivity index (χ4n) is 1.08. The molecular formula is C9H9BrO3. The molecule has 0 aromatic heterocycles. The van der Waals surface area contributed by atoms with Crippen LogP contribution < -0.4 is 0 Å². The van der Waals surface area contributed by atoms with Gasteiger partial charge in [-0.15, -0.1) is 0 Å². The lowest BCUT2D eigenvalue weighted by molar-refractivity contribution is -0.157. The summed E-state index contributed by atoms with van der Waals surface area (Å²) in [5, 5.41) is 0. The summed E-state index contributed by atoms with van der Waals surface area (Å²) in [5.74, 6) is -0.700. The second-order valence-electron chi connectivity index (χ2n) is 2.93. The first-order chi connectivity index (χ1) is 5.94. The Hall–Kier alpha value is -0.900. The molecule has 0 fully saturated rings. The Balaban J connectivity index is 2.94. The summed E-state index contributed by atoms with van der Waals surface area (Å²) in [7, 11) is 0. The third kappa shape index (κ3) is 2.28. The normalized spacial score (nSPS) is 27.0. The fraction of sp³-hybridized carbons (Fsp3) is 0.333. The Labute approximate surface area is 84.6 Å². The van der Waals surface area contributed by atoms with Crippen LogP contribution in [0.1, 0.15) is 13.8 Å². The number of rotatable bonds is 1. The standard InChI is InChI=1S/C9H9BrO3/c1-6(11)13-9(2)5-7(10)3-4-8(9)12/h3-5H,1-2H3. The first-order valence-corrected chi connectivity index (χ1v) is 4.54. The molecule has 1 unspecified atom stereocenters. The van der Waals surface area contributed by atoms with Gasteiger partial charge in [-0.2, -0.15) is 0 Å². The monoisotopic (exact) mass is 244 g/mol. The Morgan fingerprint density at radius 3 is 2.69 bits per heavy atom. The van der Waals surface area contributed by atoms with Crippen molar-refractivity contribution < 1.29 is 14.3 Å². The van der Waals surface area contributed by atoms with E-state index >= 15 is 0 Å². The van der Waals surface area contributed by atoms with Crippen molar-refractivity contribution in [2.75, 3.05) is 0 Å². The predicted molar refractivity (Wildman–Crippen MR) is 51.3 cm³/mol. The van der Waals surface area contributed by atoms with Gasteiger partial charge < -0.3 is 4.74 Å². The Bertz CT molecular complexity index is 317. The first kappa shape index (κ1) is 10.2. The molecule has 0 radical (unpaired) electrons. The van der Waals surface area contributed by atoms with E-state index in [-0.39, 0.29) is 5.78 Å². The molecule has 0 N–H and O–H groups in total. The van der Waals surface area contributed by atoms with Crippen LogP contribution >= 0.6 is 15.9 Å². The van der Waals surface area contributed by atoms with E-state index in [4.69, 9.17) is 4.74 Å². The highest BCUT2D eigenvalue weighted by Gasteiger charge is 2.34. The van der Waals surface area contributed by atoms with Gasteiger partial charge in [0.1, 0.15) is 0 Å². The number of hydrogen-bond acceptors (Lipinski definition) is 3. The molecule has 1 rings (SSSR count). The molecule has 0 amide bonds. The largest absolute Gasteiger partial charge is 0.447 e. The number of esters is 1. The molecule has 0 heterocycles. The molecule has 3 nitrogen and oxygen atoms in total. The Morgan fingerprint density at radius 1 is 1.54 bits per heavy atom. The van der Waals surface area contributed by atoms with Crippen LogP contribution in [0.2, 0.25) is 0 Å². The lowest BCUT2D eigenvalue weighted by Gasteiger charge is -2.25. The van der Waals surface area contributed by atoms with Crippen molar-refractivity contribution in [3.8, 4) is 0 Å². The van der Waals surface area contributed by atoms with Crippen LogP contribution in [0.15, 0.2) is 22.7 Å². The molecule has 0 spiro atoms. The second kappa shape index (κ2) is 3.46. The van der Waals surface area contributed by atoms with Crippen molar-refractivity contribution in [1.82, 2.24) is 0 Å². The number of ether oxygens (including phenoxy) is 1. The zero-order valence-electron chi connectivity index (χ0n) is 7.33. The van der Waals surface area contributed by atoms with Crippen LogP contribution in [0.25, 0.3) is 0 Å². The molecule has 1 aliphatic carbocycles. The zero-order valence-corrected chi connectivity index (χ0v) is 8.92. The van der Waals surface area contributed by atoms with Crippen LogP contribution in [0.5, 0.6) is 0 Å². The van der Waals surface area contributed by atoms with Crippen molar-refractivity contribution in [3.05, 3.63) is 22.7 Å². The van der Waals surface area contributed by atoms with Crippen molar-refractivity contribution in [2.45, 2.75) is 19.4 Å². The van der Waals surface area contributed by atoms with Gasteiger partial charge in [-0.3, -0.25) is 9.59 Å². The van der Waals surface area contributed by atoms with Crippen LogP contribution in [0.3, 0.4) is 0 Å². The summed E-state index contributed by atoms with van der Waals surface area (Å²) >= 11 is 3.21. The first-order valence-electron chi connectivity index (χ1n) is 3.74. The number of halogens is 1. The number of ketones is 1. The molecule has 0 aromatic carbocycles. The smallest absolute Gasteiger partial charge is 0.303 e. The second-order valence-corrected chi connectivity index (χ2v) is 3.84. The van der Waals surface area contributed by atoms with E-state index in [9.17, 15) is 9.59 Å². The highest BCUT2D eigenvalue weighted by molar-refractivity contribution is 9.11. The summed E-state index contributed by atoms with van der Waals surface area (Å²) in [6.45, 7) is 2.83. The quantitative estimate of drug-likeness (QED) is 0.660. The number of carbonyl (C=O) groups excluding carboxylic acids is 2. The van der Waals surface area contributed by atoms with Gasteiger partial charge in [-0.1, -0.05) is 15.9 Å². The molecule has 0 saturated carbocycles. The molecule has 4 heteroatoms. The fourth-order valence-corrected chi connectivity index (χ4v) is 1.65. The van der Waals surface area contributed by atoms with Crippen LogP contribution in [-0.4, -0.2) is 17.4 Å². The van der Waals surface area contributed by atoms with Crippen LogP contribution in [-0.2, 0) is 14.3 Å². The maximum atomic E-state index is 11.4. The van der Waals surface area contributed by atoms with Gasteiger partial charge in [0, 0.05) is 11.4 Å². The van der Waals surface area contributed by atoms with Gasteiger partial charge in [0.25, 0.3) is 0 Å². The van der Waals surface area contributed by atoms with Gasteiger partial charge in [-0.05, 0) is 25.2 Å². The minimum absolute atomic E-state index is 0.231. The van der Waals surface area contributed by atoms with E-state index in [1.54, 1.807) is 19.1 Å². The summed E-state index contributed by atoms with van der Waals surface area (Å²) in [6.07, 6.45) is 4.57. The molecule has 13 heavy (non-hydrogen) atoms. The Morgan fingerprint density at radius 2 is 2.15 bits per heavy atom. The van der Waals surface area contributed by atoms with E-state index in [2.05, 4.69) is 15.9 Å². The number of hydrogen-bond donors (Lipinski definition) is 0. The molecular weight excluding hydrogens is 236 g/mol. The van der Waals surface area contributed by atoms with Crippen LogP contribution in [0.4, 0.5) is 0 Å². The maximum absolute atomic E-state index is 11.4. The third-order valence-corrected chi connectivity index (χ3v) is 2.15. The molecule has 70 valence electrons. The van der Waals surface area contributed by atoms with Gasteiger partial charge in [0.15, 0.2) is 5.60 Å². The molecule has 0 bridgehead atoms. The highest BCUT2D eigenvalue weighted by Crippen LogP contribution is 2.24. The van der Waals surface area contributed by atoms with Crippen molar-refractivity contribution in [3.63, 3.8) is 0 Å². The summed E-state index contributed by atoms with van der Waals surface area (Å²) in [5.41, 5.74) is -1.15. The summed E-state index contributed by atoms with van der Waals surface area (Å²) in [4.78, 5) is 22.1. The summed E-state index contributed by atoms with van der Waals surface area (Å²) < 4.78 is 5.65. The SMILES string of the molecule is CC(=O)OC1(C)C=C(Br)C=CC1=O. The molecule has 1 atom stereocenters. The number of allylic oxidation sites excluding steroid dienone is 2. The average Bonchev–Trinajstić information content (AvgIpc) is 1.95. The van der Waals surface area contributed by atoms with E-state index < -0.39 is 11.6 Å². The zero-order chi connectivity index (χ0) is 10.1. The highest BCUT2D eigenvalue weighted by atomic mass is 79.9. The van der Waals surface area contributed by atoms with Gasteiger partial charge in [-0.25, -0.2) is 0 Å². The lowest BCUT2D eigenvalue weighted by atomic mass is 9.96. The third-order valence-electron chi connectivity index (χ3n) is 1.65. The van der Waals surface area contributed by atoms with Crippen LogP contribution in [0, 0.1) is 0 Å². The van der Waals surface area contributed by atoms with E-state index in [1.165, 1.54) is 13.0 Å². The van der Waals surface area contributed by atoms with E-state index in [0.29, 0.717) is 0 Å². The minimum atomic E-state index is -1.15. The predicted octanol–water partition coefficient (Wildman–Crippen LogP) is 1.73.